The molecule has 0 radical (unpaired) electrons. The zero-order chi connectivity index (χ0) is 17.5. The fourth-order valence-corrected chi connectivity index (χ4v) is 2.99. The summed E-state index contributed by atoms with van der Waals surface area (Å²) >= 11 is 0. The normalized spacial score (nSPS) is 24.3. The summed E-state index contributed by atoms with van der Waals surface area (Å²) in [6, 6.07) is 1.65. The second-order valence-corrected chi connectivity index (χ2v) is 5.73. The molecule has 0 unspecified atom stereocenters. The SMILES string of the molecule is O=C1CO[C@H]2CCN(C(=O)C(F)(F)c3c(F)cccc3F)C[C@@H]2N1. The molecule has 0 aliphatic carbocycles. The van der Waals surface area contributed by atoms with Gasteiger partial charge in [0.15, 0.2) is 0 Å². The molecule has 130 valence electrons. The zero-order valence-corrected chi connectivity index (χ0v) is 12.4. The number of piperidine rings is 1. The van der Waals surface area contributed by atoms with E-state index in [9.17, 15) is 27.2 Å². The number of alkyl halides is 2. The molecule has 1 N–H and O–H groups in total. The topological polar surface area (TPSA) is 58.6 Å². The van der Waals surface area contributed by atoms with Crippen LogP contribution in [0, 0.1) is 11.6 Å². The molecular weight excluding hydrogens is 332 g/mol. The molecule has 0 spiro atoms. The molecule has 2 aliphatic rings. The Balaban J connectivity index is 1.82. The molecule has 1 aromatic rings. The molecule has 24 heavy (non-hydrogen) atoms. The van der Waals surface area contributed by atoms with Crippen LogP contribution in [-0.2, 0) is 20.2 Å². The van der Waals surface area contributed by atoms with Crippen molar-refractivity contribution in [2.45, 2.75) is 24.5 Å². The molecule has 1 aromatic carbocycles. The highest BCUT2D eigenvalue weighted by atomic mass is 19.3. The highest BCUT2D eigenvalue weighted by molar-refractivity contribution is 5.85. The van der Waals surface area contributed by atoms with Gasteiger partial charge in [-0.1, -0.05) is 6.07 Å². The largest absolute Gasteiger partial charge is 0.366 e. The van der Waals surface area contributed by atoms with Crippen molar-refractivity contribution in [3.05, 3.63) is 35.4 Å². The maximum absolute atomic E-state index is 14.4. The van der Waals surface area contributed by atoms with Gasteiger partial charge in [0.25, 0.3) is 5.91 Å². The number of likely N-dealkylation sites (tertiary alicyclic amines) is 1. The lowest BCUT2D eigenvalue weighted by Gasteiger charge is -2.41. The van der Waals surface area contributed by atoms with Gasteiger partial charge < -0.3 is 15.0 Å². The monoisotopic (exact) mass is 346 g/mol. The van der Waals surface area contributed by atoms with E-state index in [1.54, 1.807) is 0 Å². The molecule has 0 saturated carbocycles. The van der Waals surface area contributed by atoms with E-state index in [2.05, 4.69) is 5.32 Å². The van der Waals surface area contributed by atoms with Gasteiger partial charge in [0.1, 0.15) is 23.8 Å². The standard InChI is InChI=1S/C15H14F4N2O3/c16-8-2-1-3-9(17)13(8)15(18,19)14(23)21-5-4-11-10(6-21)20-12(22)7-24-11/h1-3,10-11H,4-7H2,(H,20,22)/t10-,11-/m0/s1. The average molecular weight is 346 g/mol. The molecule has 2 amide bonds. The number of nitrogens with one attached hydrogen (secondary N) is 1. The third kappa shape index (κ3) is 2.83. The number of carbonyl (C=O) groups excluding carboxylic acids is 2. The summed E-state index contributed by atoms with van der Waals surface area (Å²) in [4.78, 5) is 24.3. The number of nitrogens with zero attached hydrogens (tertiary/aromatic N) is 1. The predicted molar refractivity (Wildman–Crippen MR) is 73.1 cm³/mol. The minimum Gasteiger partial charge on any atom is -0.366 e. The number of hydrogen-bond acceptors (Lipinski definition) is 3. The lowest BCUT2D eigenvalue weighted by atomic mass is 9.98. The first-order valence-electron chi connectivity index (χ1n) is 7.33. The van der Waals surface area contributed by atoms with Crippen LogP contribution in [-0.4, -0.2) is 48.6 Å². The van der Waals surface area contributed by atoms with Crippen LogP contribution in [0.2, 0.25) is 0 Å². The number of hydrogen-bond donors (Lipinski definition) is 1. The van der Waals surface area contributed by atoms with Crippen molar-refractivity contribution in [3.63, 3.8) is 0 Å². The first-order chi connectivity index (χ1) is 11.3. The molecule has 2 saturated heterocycles. The first kappa shape index (κ1) is 16.7. The molecule has 0 bridgehead atoms. The van der Waals surface area contributed by atoms with Crippen LogP contribution < -0.4 is 5.32 Å². The number of carbonyl (C=O) groups is 2. The predicted octanol–water partition coefficient (Wildman–Crippen LogP) is 1.17. The van der Waals surface area contributed by atoms with E-state index in [4.69, 9.17) is 4.74 Å². The van der Waals surface area contributed by atoms with E-state index in [0.717, 1.165) is 11.0 Å². The molecule has 2 aliphatic heterocycles. The van der Waals surface area contributed by atoms with Crippen LogP contribution >= 0.6 is 0 Å². The van der Waals surface area contributed by atoms with E-state index in [-0.39, 0.29) is 32.2 Å². The summed E-state index contributed by atoms with van der Waals surface area (Å²) in [5.74, 6) is -9.43. The fraction of sp³-hybridized carbons (Fsp3) is 0.467. The van der Waals surface area contributed by atoms with Gasteiger partial charge >= 0.3 is 5.92 Å². The smallest absolute Gasteiger partial charge is 0.355 e. The minimum atomic E-state index is -4.35. The Morgan fingerprint density at radius 3 is 2.62 bits per heavy atom. The molecule has 2 fully saturated rings. The first-order valence-corrected chi connectivity index (χ1v) is 7.33. The van der Waals surface area contributed by atoms with Gasteiger partial charge in [-0.15, -0.1) is 0 Å². The fourth-order valence-electron chi connectivity index (χ4n) is 2.99. The Bertz CT molecular complexity index is 662. The van der Waals surface area contributed by atoms with Crippen LogP contribution in [0.5, 0.6) is 0 Å². The van der Waals surface area contributed by atoms with Gasteiger partial charge in [0.2, 0.25) is 5.91 Å². The Labute approximate surface area is 134 Å². The van der Waals surface area contributed by atoms with Crippen molar-refractivity contribution in [3.8, 4) is 0 Å². The van der Waals surface area contributed by atoms with Gasteiger partial charge in [-0.25, -0.2) is 8.78 Å². The molecule has 9 heteroatoms. The van der Waals surface area contributed by atoms with E-state index in [1.165, 1.54) is 0 Å². The van der Waals surface area contributed by atoms with Crippen molar-refractivity contribution in [1.82, 2.24) is 10.2 Å². The second-order valence-electron chi connectivity index (χ2n) is 5.73. The van der Waals surface area contributed by atoms with Crippen LogP contribution in [0.3, 0.4) is 0 Å². The number of fused-ring (bicyclic) bond motifs is 1. The summed E-state index contributed by atoms with van der Waals surface area (Å²) in [6.07, 6.45) is -0.127. The summed E-state index contributed by atoms with van der Waals surface area (Å²) in [6.45, 7) is -0.381. The van der Waals surface area contributed by atoms with Gasteiger partial charge in [-0.05, 0) is 18.6 Å². The Morgan fingerprint density at radius 2 is 1.96 bits per heavy atom. The molecular formula is C15H14F4N2O3. The van der Waals surface area contributed by atoms with E-state index in [0.29, 0.717) is 12.1 Å². The van der Waals surface area contributed by atoms with E-state index >= 15 is 0 Å². The zero-order valence-electron chi connectivity index (χ0n) is 12.4. The van der Waals surface area contributed by atoms with Crippen LogP contribution in [0.15, 0.2) is 18.2 Å². The Kier molecular flexibility index (Phi) is 4.20. The quantitative estimate of drug-likeness (QED) is 0.818. The Hall–Kier alpha value is -2.16. The molecule has 2 atom stereocenters. The molecule has 2 heterocycles. The maximum Gasteiger partial charge on any atom is 0.355 e. The van der Waals surface area contributed by atoms with Crippen LogP contribution in [0.25, 0.3) is 0 Å². The van der Waals surface area contributed by atoms with Crippen LogP contribution in [0.4, 0.5) is 17.6 Å². The van der Waals surface area contributed by atoms with E-state index < -0.39 is 41.0 Å². The summed E-state index contributed by atoms with van der Waals surface area (Å²) < 4.78 is 61.3. The van der Waals surface area contributed by atoms with Crippen molar-refractivity contribution >= 4 is 11.8 Å². The summed E-state index contributed by atoms with van der Waals surface area (Å²) in [5, 5.41) is 2.57. The number of rotatable bonds is 2. The van der Waals surface area contributed by atoms with E-state index in [1.807, 2.05) is 0 Å². The van der Waals surface area contributed by atoms with Gasteiger partial charge in [-0.3, -0.25) is 9.59 Å². The van der Waals surface area contributed by atoms with Gasteiger partial charge in [0, 0.05) is 13.1 Å². The number of amides is 2. The lowest BCUT2D eigenvalue weighted by molar-refractivity contribution is -0.166. The van der Waals surface area contributed by atoms with Crippen LogP contribution in [0.1, 0.15) is 12.0 Å². The third-order valence-corrected chi connectivity index (χ3v) is 4.16. The highest BCUT2D eigenvalue weighted by Gasteiger charge is 2.50. The number of ether oxygens (including phenoxy) is 1. The highest BCUT2D eigenvalue weighted by Crippen LogP contribution is 2.35. The van der Waals surface area contributed by atoms with Crippen molar-refractivity contribution in [1.29, 1.82) is 0 Å². The van der Waals surface area contributed by atoms with Gasteiger partial charge in [-0.2, -0.15) is 8.78 Å². The minimum absolute atomic E-state index is 0.0540. The second kappa shape index (κ2) is 6.04. The third-order valence-electron chi connectivity index (χ3n) is 4.16. The Morgan fingerprint density at radius 1 is 1.29 bits per heavy atom. The molecule has 3 rings (SSSR count). The molecule has 5 nitrogen and oxygen atoms in total. The molecule has 0 aromatic heterocycles. The maximum atomic E-state index is 14.4. The number of halogens is 4. The average Bonchev–Trinajstić information content (AvgIpc) is 2.53. The lowest BCUT2D eigenvalue weighted by Crippen LogP contribution is -2.62. The van der Waals surface area contributed by atoms with Crippen molar-refractivity contribution < 1.29 is 31.9 Å². The van der Waals surface area contributed by atoms with Crippen molar-refractivity contribution in [2.75, 3.05) is 19.7 Å². The van der Waals surface area contributed by atoms with Crippen molar-refractivity contribution in [2.24, 2.45) is 0 Å². The number of benzene rings is 1. The van der Waals surface area contributed by atoms with Gasteiger partial charge in [0.05, 0.1) is 12.1 Å². The number of morpholine rings is 1. The summed E-state index contributed by atoms with van der Waals surface area (Å²) in [5.41, 5.74) is -1.57. The summed E-state index contributed by atoms with van der Waals surface area (Å²) in [7, 11) is 0.